The van der Waals surface area contributed by atoms with E-state index in [-0.39, 0.29) is 0 Å². The molecule has 0 N–H and O–H groups in total. The fourth-order valence-electron chi connectivity index (χ4n) is 5.24. The van der Waals surface area contributed by atoms with Gasteiger partial charge in [0.25, 0.3) is 0 Å². The topological polar surface area (TPSA) is 57.0 Å². The van der Waals surface area contributed by atoms with Crippen molar-refractivity contribution in [2.24, 2.45) is 0 Å². The van der Waals surface area contributed by atoms with E-state index in [1.165, 1.54) is 0 Å². The second-order valence-corrected chi connectivity index (χ2v) is 9.06. The first-order valence-corrected chi connectivity index (χ1v) is 12.2. The monoisotopic (exact) mass is 477 g/mol. The van der Waals surface area contributed by atoms with Crippen molar-refractivity contribution < 1.29 is 8.83 Å². The van der Waals surface area contributed by atoms with Crippen LogP contribution in [0.3, 0.4) is 0 Å². The van der Waals surface area contributed by atoms with Crippen LogP contribution in [-0.2, 0) is 0 Å². The van der Waals surface area contributed by atoms with Crippen molar-refractivity contribution in [3.8, 4) is 28.3 Å². The van der Waals surface area contributed by atoms with E-state index in [0.29, 0.717) is 23.1 Å². The summed E-state index contributed by atoms with van der Waals surface area (Å²) in [5.41, 5.74) is 5.90. The van der Waals surface area contributed by atoms with Crippen molar-refractivity contribution in [3.05, 3.63) is 115 Å². The van der Waals surface area contributed by atoms with Crippen molar-refractivity contribution in [2.45, 2.75) is 0 Å². The zero-order valence-corrected chi connectivity index (χ0v) is 19.6. The largest absolute Gasteiger partial charge is 0.439 e. The lowest BCUT2D eigenvalue weighted by Crippen LogP contribution is -2.03. The number of fused-ring (bicyclic) bond motifs is 7. The fourth-order valence-corrected chi connectivity index (χ4v) is 5.24. The van der Waals surface area contributed by atoms with Crippen LogP contribution in [0, 0.1) is 0 Å². The highest BCUT2D eigenvalue weighted by Crippen LogP contribution is 2.44. The predicted molar refractivity (Wildman–Crippen MR) is 147 cm³/mol. The van der Waals surface area contributed by atoms with E-state index in [1.54, 1.807) is 0 Å². The van der Waals surface area contributed by atoms with Gasteiger partial charge in [0.2, 0.25) is 11.4 Å². The molecule has 0 saturated heterocycles. The van der Waals surface area contributed by atoms with Crippen molar-refractivity contribution >= 4 is 44.1 Å². The van der Waals surface area contributed by atoms with Gasteiger partial charge in [-0.1, -0.05) is 97.1 Å². The number of nitrogens with zero attached hydrogens (tertiary/aromatic N) is 3. The van der Waals surface area contributed by atoms with Crippen molar-refractivity contribution in [1.82, 2.24) is 14.5 Å². The Morgan fingerprint density at radius 1 is 0.541 bits per heavy atom. The first-order valence-electron chi connectivity index (χ1n) is 12.2. The second-order valence-electron chi connectivity index (χ2n) is 9.06. The molecule has 0 aliphatic rings. The molecule has 5 heteroatoms. The molecule has 0 atom stereocenters. The number of aromatic nitrogens is 3. The lowest BCUT2D eigenvalue weighted by molar-refractivity contribution is 0.612. The summed E-state index contributed by atoms with van der Waals surface area (Å²) >= 11 is 0. The number of benzene rings is 4. The average molecular weight is 478 g/mol. The highest BCUT2D eigenvalue weighted by atomic mass is 16.4. The van der Waals surface area contributed by atoms with Gasteiger partial charge in [0.15, 0.2) is 11.6 Å². The van der Waals surface area contributed by atoms with Gasteiger partial charge < -0.3 is 8.83 Å². The molecule has 4 aromatic carbocycles. The molecular formula is C32H19N3O2. The van der Waals surface area contributed by atoms with E-state index in [2.05, 4.69) is 24.3 Å². The Morgan fingerprint density at radius 2 is 1.05 bits per heavy atom. The van der Waals surface area contributed by atoms with Gasteiger partial charge in [-0.05, 0) is 17.7 Å². The summed E-state index contributed by atoms with van der Waals surface area (Å²) in [7, 11) is 0. The summed E-state index contributed by atoms with van der Waals surface area (Å²) in [6, 6.07) is 36.5. The summed E-state index contributed by atoms with van der Waals surface area (Å²) in [5.74, 6) is 1.34. The van der Waals surface area contributed by atoms with Crippen LogP contribution in [0.1, 0.15) is 0 Å². The van der Waals surface area contributed by atoms with Gasteiger partial charge >= 0.3 is 0 Å². The highest BCUT2D eigenvalue weighted by Gasteiger charge is 2.27. The zero-order chi connectivity index (χ0) is 24.3. The minimum atomic E-state index is 0.637. The van der Waals surface area contributed by atoms with Gasteiger partial charge in [-0.2, -0.15) is 0 Å². The van der Waals surface area contributed by atoms with Crippen molar-refractivity contribution in [2.75, 3.05) is 0 Å². The Balaban J connectivity index is 1.56. The molecule has 0 amide bonds. The molecule has 8 rings (SSSR count). The standard InChI is InChI=1S/C32H19N3O2/c1-3-11-20(12-4-1)24-19-33-29(21-13-5-2-6-14-21)34-30(24)35-31-27(22-15-7-9-17-25(22)36-31)28-23-16-8-10-18-26(23)37-32(28)35/h1-19H. The molecule has 174 valence electrons. The molecule has 0 spiro atoms. The Hall–Kier alpha value is -5.16. The van der Waals surface area contributed by atoms with E-state index >= 15 is 0 Å². The second kappa shape index (κ2) is 7.67. The molecule has 4 aromatic heterocycles. The van der Waals surface area contributed by atoms with Crippen LogP contribution < -0.4 is 0 Å². The van der Waals surface area contributed by atoms with E-state index < -0.39 is 0 Å². The third-order valence-corrected chi connectivity index (χ3v) is 6.91. The molecule has 0 saturated carbocycles. The van der Waals surface area contributed by atoms with Gasteiger partial charge in [0.1, 0.15) is 11.2 Å². The number of rotatable bonds is 3. The molecule has 0 aliphatic heterocycles. The normalized spacial score (nSPS) is 11.8. The van der Waals surface area contributed by atoms with Crippen LogP contribution in [-0.4, -0.2) is 14.5 Å². The summed E-state index contributed by atoms with van der Waals surface area (Å²) in [4.78, 5) is 9.89. The number of hydrogen-bond donors (Lipinski definition) is 0. The van der Waals surface area contributed by atoms with Crippen LogP contribution in [0.25, 0.3) is 72.5 Å². The van der Waals surface area contributed by atoms with E-state index in [0.717, 1.165) is 49.4 Å². The molecule has 0 unspecified atom stereocenters. The molecular weight excluding hydrogens is 458 g/mol. The molecule has 4 heterocycles. The van der Waals surface area contributed by atoms with Gasteiger partial charge in [0.05, 0.1) is 10.8 Å². The molecule has 5 nitrogen and oxygen atoms in total. The lowest BCUT2D eigenvalue weighted by Gasteiger charge is -2.12. The molecule has 37 heavy (non-hydrogen) atoms. The summed E-state index contributed by atoms with van der Waals surface area (Å²) in [6.07, 6.45) is 1.89. The Morgan fingerprint density at radius 3 is 1.65 bits per heavy atom. The minimum Gasteiger partial charge on any atom is -0.439 e. The fraction of sp³-hybridized carbons (Fsp3) is 0. The maximum absolute atomic E-state index is 6.51. The average Bonchev–Trinajstić information content (AvgIpc) is 3.61. The quantitative estimate of drug-likeness (QED) is 0.256. The van der Waals surface area contributed by atoms with Gasteiger partial charge in [-0.3, -0.25) is 0 Å². The molecule has 0 bridgehead atoms. The maximum atomic E-state index is 6.51. The third kappa shape index (κ3) is 2.91. The van der Waals surface area contributed by atoms with Crippen molar-refractivity contribution in [3.63, 3.8) is 0 Å². The molecule has 0 fully saturated rings. The van der Waals surface area contributed by atoms with Crippen LogP contribution in [0.2, 0.25) is 0 Å². The number of hydrogen-bond acceptors (Lipinski definition) is 4. The maximum Gasteiger partial charge on any atom is 0.217 e. The first kappa shape index (κ1) is 20.1. The van der Waals surface area contributed by atoms with E-state index in [1.807, 2.05) is 95.7 Å². The van der Waals surface area contributed by atoms with E-state index in [9.17, 15) is 0 Å². The predicted octanol–water partition coefficient (Wildman–Crippen LogP) is 8.40. The Labute approximate surface area is 211 Å². The molecule has 8 aromatic rings. The van der Waals surface area contributed by atoms with Crippen LogP contribution >= 0.6 is 0 Å². The Kier molecular flexibility index (Phi) is 4.16. The highest BCUT2D eigenvalue weighted by molar-refractivity contribution is 6.26. The van der Waals surface area contributed by atoms with Gasteiger partial charge in [-0.15, -0.1) is 0 Å². The Bertz CT molecular complexity index is 2000. The van der Waals surface area contributed by atoms with Gasteiger partial charge in [-0.25, -0.2) is 14.5 Å². The summed E-state index contributed by atoms with van der Waals surface area (Å²) in [6.45, 7) is 0. The lowest BCUT2D eigenvalue weighted by atomic mass is 10.1. The third-order valence-electron chi connectivity index (χ3n) is 6.91. The smallest absolute Gasteiger partial charge is 0.217 e. The first-order chi connectivity index (χ1) is 18.4. The zero-order valence-electron chi connectivity index (χ0n) is 19.6. The number of furan rings is 2. The number of para-hydroxylation sites is 2. The van der Waals surface area contributed by atoms with Gasteiger partial charge in [0, 0.05) is 28.1 Å². The summed E-state index contributed by atoms with van der Waals surface area (Å²) in [5, 5.41) is 4.14. The SMILES string of the molecule is c1ccc(-c2ncc(-c3ccccc3)c(-n3c4oc5ccccc5c4c4c5ccccc5oc43)n2)cc1. The van der Waals surface area contributed by atoms with Crippen LogP contribution in [0.4, 0.5) is 0 Å². The molecule has 0 aliphatic carbocycles. The van der Waals surface area contributed by atoms with Crippen molar-refractivity contribution in [1.29, 1.82) is 0 Å². The summed E-state index contributed by atoms with van der Waals surface area (Å²) < 4.78 is 15.0. The van der Waals surface area contributed by atoms with E-state index in [4.69, 9.17) is 18.8 Å². The van der Waals surface area contributed by atoms with Crippen LogP contribution in [0.15, 0.2) is 124 Å². The van der Waals surface area contributed by atoms with Crippen LogP contribution in [0.5, 0.6) is 0 Å². The minimum absolute atomic E-state index is 0.637. The molecule has 0 radical (unpaired) electrons.